The van der Waals surface area contributed by atoms with Crippen LogP contribution in [0, 0.1) is 6.92 Å². The smallest absolute Gasteiger partial charge is 0.245 e. The highest BCUT2D eigenvalue weighted by atomic mass is 15.3. The van der Waals surface area contributed by atoms with Gasteiger partial charge < -0.3 is 10.2 Å². The second kappa shape index (κ2) is 5.32. The number of aromatic nitrogens is 3. The molecule has 0 bridgehead atoms. The highest BCUT2D eigenvalue weighted by Crippen LogP contribution is 2.18. The summed E-state index contributed by atoms with van der Waals surface area (Å²) < 4.78 is 0. The third kappa shape index (κ3) is 2.71. The Kier molecular flexibility index (Phi) is 3.37. The lowest BCUT2D eigenvalue weighted by Gasteiger charge is -2.26. The van der Waals surface area contributed by atoms with Gasteiger partial charge in [0.25, 0.3) is 0 Å². The van der Waals surface area contributed by atoms with Crippen LogP contribution in [0.5, 0.6) is 0 Å². The van der Waals surface area contributed by atoms with Crippen LogP contribution in [-0.2, 0) is 0 Å². The second-order valence-electron chi connectivity index (χ2n) is 4.74. The standard InChI is InChI=1S/C14H17N5/c1-11-2-4-12(5-3-11)13-10-16-18-14(17-13)19-8-6-15-7-9-19/h2-5,10,15H,6-9H2,1H3. The van der Waals surface area contributed by atoms with Gasteiger partial charge in [-0.15, -0.1) is 5.10 Å². The SMILES string of the molecule is Cc1ccc(-c2cnnc(N3CCNCC3)n2)cc1. The molecule has 1 aliphatic rings. The molecule has 0 radical (unpaired) electrons. The van der Waals surface area contributed by atoms with Crippen molar-refractivity contribution in [1.29, 1.82) is 0 Å². The maximum absolute atomic E-state index is 4.62. The average molecular weight is 255 g/mol. The first kappa shape index (κ1) is 12.0. The molecule has 0 aliphatic carbocycles. The predicted octanol–water partition coefficient (Wildman–Crippen LogP) is 1.26. The summed E-state index contributed by atoms with van der Waals surface area (Å²) in [6.45, 7) is 5.88. The maximum Gasteiger partial charge on any atom is 0.245 e. The molecular formula is C14H17N5. The van der Waals surface area contributed by atoms with Crippen molar-refractivity contribution in [2.75, 3.05) is 31.1 Å². The van der Waals surface area contributed by atoms with E-state index in [1.165, 1.54) is 5.56 Å². The number of aryl methyl sites for hydroxylation is 1. The normalized spacial score (nSPS) is 15.5. The highest BCUT2D eigenvalue weighted by molar-refractivity contribution is 5.59. The van der Waals surface area contributed by atoms with Crippen molar-refractivity contribution in [2.24, 2.45) is 0 Å². The van der Waals surface area contributed by atoms with Crippen LogP contribution in [0.4, 0.5) is 5.95 Å². The molecule has 3 rings (SSSR count). The van der Waals surface area contributed by atoms with Crippen LogP contribution in [0.1, 0.15) is 5.56 Å². The van der Waals surface area contributed by atoms with Gasteiger partial charge in [-0.1, -0.05) is 29.8 Å². The molecule has 1 aromatic carbocycles. The summed E-state index contributed by atoms with van der Waals surface area (Å²) in [4.78, 5) is 6.79. The molecule has 5 nitrogen and oxygen atoms in total. The van der Waals surface area contributed by atoms with Crippen LogP contribution in [0.3, 0.4) is 0 Å². The molecule has 0 unspecified atom stereocenters. The van der Waals surface area contributed by atoms with Gasteiger partial charge in [0.1, 0.15) is 0 Å². The fourth-order valence-electron chi connectivity index (χ4n) is 2.16. The van der Waals surface area contributed by atoms with Gasteiger partial charge in [0.2, 0.25) is 5.95 Å². The molecule has 0 atom stereocenters. The Morgan fingerprint density at radius 1 is 1.11 bits per heavy atom. The molecule has 98 valence electrons. The maximum atomic E-state index is 4.62. The minimum atomic E-state index is 0.722. The number of piperazine rings is 1. The fraction of sp³-hybridized carbons (Fsp3) is 0.357. The molecular weight excluding hydrogens is 238 g/mol. The summed E-state index contributed by atoms with van der Waals surface area (Å²) in [5.74, 6) is 0.722. The molecule has 2 heterocycles. The molecule has 1 aliphatic heterocycles. The van der Waals surface area contributed by atoms with Crippen LogP contribution in [0.15, 0.2) is 30.5 Å². The molecule has 1 aromatic heterocycles. The molecule has 0 saturated carbocycles. The van der Waals surface area contributed by atoms with Crippen molar-refractivity contribution in [2.45, 2.75) is 6.92 Å². The summed E-state index contributed by atoms with van der Waals surface area (Å²) in [5.41, 5.74) is 3.20. The number of rotatable bonds is 2. The average Bonchev–Trinajstić information content (AvgIpc) is 2.49. The van der Waals surface area contributed by atoms with Crippen molar-refractivity contribution in [1.82, 2.24) is 20.5 Å². The van der Waals surface area contributed by atoms with Gasteiger partial charge in [0.05, 0.1) is 11.9 Å². The van der Waals surface area contributed by atoms with Gasteiger partial charge in [0.15, 0.2) is 0 Å². The zero-order chi connectivity index (χ0) is 13.1. The minimum absolute atomic E-state index is 0.722. The zero-order valence-corrected chi connectivity index (χ0v) is 11.0. The first-order valence-electron chi connectivity index (χ1n) is 6.55. The summed E-state index contributed by atoms with van der Waals surface area (Å²) in [7, 11) is 0. The monoisotopic (exact) mass is 255 g/mol. The zero-order valence-electron chi connectivity index (χ0n) is 11.0. The van der Waals surface area contributed by atoms with E-state index in [0.717, 1.165) is 43.4 Å². The van der Waals surface area contributed by atoms with Crippen molar-refractivity contribution in [3.05, 3.63) is 36.0 Å². The number of hydrogen-bond donors (Lipinski definition) is 1. The lowest BCUT2D eigenvalue weighted by atomic mass is 10.1. The van der Waals surface area contributed by atoms with Crippen molar-refractivity contribution in [3.8, 4) is 11.3 Å². The van der Waals surface area contributed by atoms with E-state index >= 15 is 0 Å². The lowest BCUT2D eigenvalue weighted by Crippen LogP contribution is -2.44. The van der Waals surface area contributed by atoms with Gasteiger partial charge in [-0.3, -0.25) is 0 Å². The number of nitrogens with zero attached hydrogens (tertiary/aromatic N) is 4. The molecule has 0 amide bonds. The van der Waals surface area contributed by atoms with E-state index in [9.17, 15) is 0 Å². The van der Waals surface area contributed by atoms with E-state index in [4.69, 9.17) is 0 Å². The Bertz CT molecular complexity index is 546. The molecule has 0 spiro atoms. The molecule has 19 heavy (non-hydrogen) atoms. The van der Waals surface area contributed by atoms with Crippen molar-refractivity contribution < 1.29 is 0 Å². The second-order valence-corrected chi connectivity index (χ2v) is 4.74. The number of benzene rings is 1. The summed E-state index contributed by atoms with van der Waals surface area (Å²) >= 11 is 0. The minimum Gasteiger partial charge on any atom is -0.337 e. The number of anilines is 1. The Morgan fingerprint density at radius 2 is 1.84 bits per heavy atom. The molecule has 5 heteroatoms. The van der Waals surface area contributed by atoms with E-state index in [1.807, 2.05) is 0 Å². The van der Waals surface area contributed by atoms with E-state index in [1.54, 1.807) is 6.20 Å². The third-order valence-corrected chi connectivity index (χ3v) is 3.29. The Hall–Kier alpha value is -2.01. The molecule has 1 N–H and O–H groups in total. The summed E-state index contributed by atoms with van der Waals surface area (Å²) in [6.07, 6.45) is 1.72. The van der Waals surface area contributed by atoms with Gasteiger partial charge in [-0.25, -0.2) is 4.98 Å². The van der Waals surface area contributed by atoms with E-state index in [0.29, 0.717) is 0 Å². The molecule has 2 aromatic rings. The highest BCUT2D eigenvalue weighted by Gasteiger charge is 2.14. The molecule has 1 saturated heterocycles. The van der Waals surface area contributed by atoms with E-state index in [-0.39, 0.29) is 0 Å². The quantitative estimate of drug-likeness (QED) is 0.875. The Morgan fingerprint density at radius 3 is 2.58 bits per heavy atom. The Balaban J connectivity index is 1.88. The fourth-order valence-corrected chi connectivity index (χ4v) is 2.16. The lowest BCUT2D eigenvalue weighted by molar-refractivity contribution is 0.577. The van der Waals surface area contributed by atoms with Gasteiger partial charge in [-0.05, 0) is 6.92 Å². The molecule has 1 fully saturated rings. The predicted molar refractivity (Wildman–Crippen MR) is 75.1 cm³/mol. The van der Waals surface area contributed by atoms with Gasteiger partial charge >= 0.3 is 0 Å². The van der Waals surface area contributed by atoms with Gasteiger partial charge in [0, 0.05) is 31.7 Å². The summed E-state index contributed by atoms with van der Waals surface area (Å²) in [5, 5.41) is 11.5. The van der Waals surface area contributed by atoms with Crippen LogP contribution in [0.2, 0.25) is 0 Å². The first-order valence-corrected chi connectivity index (χ1v) is 6.55. The van der Waals surface area contributed by atoms with Crippen molar-refractivity contribution >= 4 is 5.95 Å². The number of nitrogens with one attached hydrogen (secondary N) is 1. The first-order chi connectivity index (χ1) is 9.33. The third-order valence-electron chi connectivity index (χ3n) is 3.29. The largest absolute Gasteiger partial charge is 0.337 e. The van der Waals surface area contributed by atoms with Crippen LogP contribution in [0.25, 0.3) is 11.3 Å². The van der Waals surface area contributed by atoms with E-state index < -0.39 is 0 Å². The Labute approximate surface area is 112 Å². The van der Waals surface area contributed by atoms with Crippen molar-refractivity contribution in [3.63, 3.8) is 0 Å². The summed E-state index contributed by atoms with van der Waals surface area (Å²) in [6, 6.07) is 8.31. The number of hydrogen-bond acceptors (Lipinski definition) is 5. The topological polar surface area (TPSA) is 53.9 Å². The van der Waals surface area contributed by atoms with Crippen LogP contribution < -0.4 is 10.2 Å². The van der Waals surface area contributed by atoms with Crippen LogP contribution >= 0.6 is 0 Å². The van der Waals surface area contributed by atoms with E-state index in [2.05, 4.69) is 56.6 Å². The van der Waals surface area contributed by atoms with Gasteiger partial charge in [-0.2, -0.15) is 5.10 Å². The van der Waals surface area contributed by atoms with Crippen LogP contribution in [-0.4, -0.2) is 41.4 Å².